The van der Waals surface area contributed by atoms with Gasteiger partial charge in [0.1, 0.15) is 17.5 Å². The highest BCUT2D eigenvalue weighted by molar-refractivity contribution is 5.93. The van der Waals surface area contributed by atoms with Gasteiger partial charge < -0.3 is 10.0 Å². The number of benzene rings is 1. The summed E-state index contributed by atoms with van der Waals surface area (Å²) in [6.07, 6.45) is 2.48. The van der Waals surface area contributed by atoms with Crippen LogP contribution in [0.3, 0.4) is 0 Å². The molecule has 1 aromatic carbocycles. The first-order chi connectivity index (χ1) is 13.6. The van der Waals surface area contributed by atoms with Gasteiger partial charge in [-0.1, -0.05) is 31.2 Å². The van der Waals surface area contributed by atoms with Crippen LogP contribution in [0.2, 0.25) is 0 Å². The quantitative estimate of drug-likeness (QED) is 0.738. The van der Waals surface area contributed by atoms with E-state index in [0.717, 1.165) is 0 Å². The van der Waals surface area contributed by atoms with Crippen LogP contribution in [0.1, 0.15) is 43.2 Å². The number of nitriles is 1. The summed E-state index contributed by atoms with van der Waals surface area (Å²) < 4.78 is 2.84. The Morgan fingerprint density at radius 2 is 2.11 bits per heavy atom. The number of amides is 1. The lowest BCUT2D eigenvalue weighted by Crippen LogP contribution is -2.37. The molecule has 2 aromatic heterocycles. The zero-order valence-electron chi connectivity index (χ0n) is 15.2. The van der Waals surface area contributed by atoms with E-state index in [2.05, 4.69) is 11.1 Å². The topological polar surface area (TPSA) is 104 Å². The Bertz CT molecular complexity index is 1250. The number of imidazole rings is 1. The molecule has 0 spiro atoms. The molecule has 0 saturated carbocycles. The van der Waals surface area contributed by atoms with Gasteiger partial charge in [-0.2, -0.15) is 5.26 Å². The lowest BCUT2D eigenvalue weighted by Gasteiger charge is -2.27. The number of aromatic hydroxyl groups is 1. The monoisotopic (exact) mass is 375 g/mol. The van der Waals surface area contributed by atoms with Crippen molar-refractivity contribution in [1.29, 1.82) is 5.26 Å². The highest BCUT2D eigenvalue weighted by Crippen LogP contribution is 2.48. The van der Waals surface area contributed by atoms with Crippen LogP contribution < -0.4 is 5.69 Å². The summed E-state index contributed by atoms with van der Waals surface area (Å²) in [6, 6.07) is 8.80. The maximum Gasteiger partial charge on any atom is 0.336 e. The van der Waals surface area contributed by atoms with Gasteiger partial charge in [0.15, 0.2) is 0 Å². The Morgan fingerprint density at radius 1 is 1.36 bits per heavy atom. The minimum Gasteiger partial charge on any atom is -0.493 e. The van der Waals surface area contributed by atoms with Crippen molar-refractivity contribution in [3.63, 3.8) is 0 Å². The molecule has 3 aromatic rings. The Morgan fingerprint density at radius 3 is 2.82 bits per heavy atom. The fourth-order valence-corrected chi connectivity index (χ4v) is 4.59. The molecule has 4 heterocycles. The van der Waals surface area contributed by atoms with Crippen LogP contribution in [0.5, 0.6) is 5.88 Å². The van der Waals surface area contributed by atoms with E-state index in [1.807, 2.05) is 6.07 Å². The first kappa shape index (κ1) is 16.6. The largest absolute Gasteiger partial charge is 0.493 e. The summed E-state index contributed by atoms with van der Waals surface area (Å²) in [5, 5.41) is 21.6. The summed E-state index contributed by atoms with van der Waals surface area (Å²) in [7, 11) is 0. The zero-order valence-corrected chi connectivity index (χ0v) is 15.2. The fourth-order valence-electron chi connectivity index (χ4n) is 4.59. The number of hydrogen-bond donors (Lipinski definition) is 1. The van der Waals surface area contributed by atoms with Crippen LogP contribution in [-0.2, 0) is 4.79 Å². The Labute approximate surface area is 159 Å². The number of nitrogens with zero attached hydrogens (tertiary/aromatic N) is 5. The van der Waals surface area contributed by atoms with Crippen molar-refractivity contribution >= 4 is 16.7 Å². The number of pyridine rings is 1. The van der Waals surface area contributed by atoms with Crippen molar-refractivity contribution < 1.29 is 9.90 Å². The molecule has 0 aliphatic carbocycles. The molecule has 8 heteroatoms. The van der Waals surface area contributed by atoms with Crippen LogP contribution in [-0.4, -0.2) is 36.6 Å². The SMILES string of the molecule is CCC(=O)N1CC2CC1c1c(O)n(-c3cnc(C#N)c4ccccc34)c(=O)n12. The number of fused-ring (bicyclic) bond motifs is 6. The van der Waals surface area contributed by atoms with Gasteiger partial charge in [0.2, 0.25) is 11.8 Å². The maximum atomic E-state index is 13.2. The Balaban J connectivity index is 1.74. The van der Waals surface area contributed by atoms with E-state index in [1.165, 1.54) is 10.8 Å². The van der Waals surface area contributed by atoms with Crippen molar-refractivity contribution in [2.45, 2.75) is 31.8 Å². The van der Waals surface area contributed by atoms with Gasteiger partial charge >= 0.3 is 5.69 Å². The number of hydrogen-bond acceptors (Lipinski definition) is 5. The first-order valence-electron chi connectivity index (χ1n) is 9.20. The maximum absolute atomic E-state index is 13.2. The molecule has 2 aliphatic heterocycles. The van der Waals surface area contributed by atoms with E-state index in [9.17, 15) is 20.0 Å². The predicted molar refractivity (Wildman–Crippen MR) is 100 cm³/mol. The van der Waals surface area contributed by atoms with E-state index in [0.29, 0.717) is 41.5 Å². The molecule has 5 rings (SSSR count). The smallest absolute Gasteiger partial charge is 0.336 e. The number of aromatic nitrogens is 3. The van der Waals surface area contributed by atoms with E-state index in [1.54, 1.807) is 34.6 Å². The van der Waals surface area contributed by atoms with Crippen molar-refractivity contribution in [2.75, 3.05) is 6.54 Å². The zero-order chi connectivity index (χ0) is 19.6. The normalized spacial score (nSPS) is 19.8. The van der Waals surface area contributed by atoms with E-state index in [4.69, 9.17) is 0 Å². The molecule has 8 nitrogen and oxygen atoms in total. The third kappa shape index (κ3) is 1.96. The highest BCUT2D eigenvalue weighted by atomic mass is 16.3. The second kappa shape index (κ2) is 5.70. The van der Waals surface area contributed by atoms with E-state index < -0.39 is 0 Å². The molecule has 1 saturated heterocycles. The van der Waals surface area contributed by atoms with Crippen LogP contribution in [0, 0.1) is 11.3 Å². The molecule has 1 amide bonds. The minimum absolute atomic E-state index is 0.0174. The molecule has 2 bridgehead atoms. The van der Waals surface area contributed by atoms with E-state index >= 15 is 0 Å². The number of rotatable bonds is 2. The van der Waals surface area contributed by atoms with Crippen LogP contribution >= 0.6 is 0 Å². The number of carbonyl (C=O) groups excluding carboxylic acids is 1. The number of likely N-dealkylation sites (tertiary alicyclic amines) is 1. The van der Waals surface area contributed by atoms with Crippen molar-refractivity contribution in [3.05, 3.63) is 52.3 Å². The van der Waals surface area contributed by atoms with Gasteiger partial charge in [0, 0.05) is 23.7 Å². The van der Waals surface area contributed by atoms with Gasteiger partial charge in [0.05, 0.1) is 24.0 Å². The molecule has 1 fully saturated rings. The second-order valence-electron chi connectivity index (χ2n) is 7.15. The summed E-state index contributed by atoms with van der Waals surface area (Å²) in [4.78, 5) is 31.3. The summed E-state index contributed by atoms with van der Waals surface area (Å²) in [5.74, 6) is -0.147. The Kier molecular flexibility index (Phi) is 3.37. The third-order valence-electron chi connectivity index (χ3n) is 5.80. The fraction of sp³-hybridized carbons (Fsp3) is 0.300. The molecule has 2 aliphatic rings. The molecule has 2 unspecified atom stereocenters. The summed E-state index contributed by atoms with van der Waals surface area (Å²) in [5.41, 5.74) is 0.821. The number of carbonyl (C=O) groups is 1. The standard InChI is InChI=1S/C20H17N5O3/c1-2-17(26)23-10-11-7-15(23)18-19(27)25(20(28)24(11)18)16-9-22-14(8-21)12-5-3-4-6-13(12)16/h3-6,9,11,15,27H,2,7,10H2,1H3. The minimum atomic E-state index is -0.347. The van der Waals surface area contributed by atoms with Crippen molar-refractivity contribution in [2.24, 2.45) is 0 Å². The average molecular weight is 375 g/mol. The van der Waals surface area contributed by atoms with Gasteiger partial charge in [0.25, 0.3) is 0 Å². The molecule has 140 valence electrons. The van der Waals surface area contributed by atoms with Crippen LogP contribution in [0.15, 0.2) is 35.3 Å². The molecule has 2 atom stereocenters. The van der Waals surface area contributed by atoms with Gasteiger partial charge in [-0.15, -0.1) is 0 Å². The summed E-state index contributed by atoms with van der Waals surface area (Å²) in [6.45, 7) is 2.29. The van der Waals surface area contributed by atoms with Gasteiger partial charge in [-0.3, -0.25) is 9.36 Å². The van der Waals surface area contributed by atoms with Crippen molar-refractivity contribution in [1.82, 2.24) is 19.0 Å². The average Bonchev–Trinajstić information content (AvgIpc) is 3.38. The highest BCUT2D eigenvalue weighted by Gasteiger charge is 2.48. The summed E-state index contributed by atoms with van der Waals surface area (Å²) >= 11 is 0. The lowest BCUT2D eigenvalue weighted by atomic mass is 10.1. The molecule has 0 radical (unpaired) electrons. The molecular weight excluding hydrogens is 358 g/mol. The Hall–Kier alpha value is -3.60. The molecular formula is C20H17N5O3. The van der Waals surface area contributed by atoms with Crippen LogP contribution in [0.25, 0.3) is 16.5 Å². The van der Waals surface area contributed by atoms with Crippen LogP contribution in [0.4, 0.5) is 0 Å². The first-order valence-corrected chi connectivity index (χ1v) is 9.20. The van der Waals surface area contributed by atoms with E-state index in [-0.39, 0.29) is 35.3 Å². The molecule has 1 N–H and O–H groups in total. The third-order valence-corrected chi connectivity index (χ3v) is 5.80. The predicted octanol–water partition coefficient (Wildman–Crippen LogP) is 2.00. The lowest BCUT2D eigenvalue weighted by molar-refractivity contribution is -0.132. The van der Waals surface area contributed by atoms with Crippen molar-refractivity contribution in [3.8, 4) is 17.6 Å². The van der Waals surface area contributed by atoms with Gasteiger partial charge in [-0.05, 0) is 6.42 Å². The second-order valence-corrected chi connectivity index (χ2v) is 7.15. The van der Waals surface area contributed by atoms with Gasteiger partial charge in [-0.25, -0.2) is 14.3 Å². The molecule has 28 heavy (non-hydrogen) atoms.